The monoisotopic (exact) mass is 250 g/mol. The van der Waals surface area contributed by atoms with Gasteiger partial charge in [-0.2, -0.15) is 0 Å². The highest BCUT2D eigenvalue weighted by atomic mass is 16.5. The quantitative estimate of drug-likeness (QED) is 0.868. The van der Waals surface area contributed by atoms with Crippen molar-refractivity contribution in [3.8, 4) is 5.75 Å². The maximum absolute atomic E-state index is 5.66. The fourth-order valence-electron chi connectivity index (χ4n) is 2.48. The SMILES string of the molecule is CNCC(c1c(C)cc(C)c(C)c1OC)N(C)C. The highest BCUT2D eigenvalue weighted by Crippen LogP contribution is 2.35. The van der Waals surface area contributed by atoms with Crippen LogP contribution in [-0.4, -0.2) is 39.7 Å². The number of aryl methyl sites for hydroxylation is 2. The van der Waals surface area contributed by atoms with Gasteiger partial charge in [0.15, 0.2) is 0 Å². The van der Waals surface area contributed by atoms with Crippen LogP contribution in [0.2, 0.25) is 0 Å². The smallest absolute Gasteiger partial charge is 0.127 e. The molecule has 3 heteroatoms. The molecule has 0 radical (unpaired) electrons. The van der Waals surface area contributed by atoms with Gasteiger partial charge in [-0.3, -0.25) is 0 Å². The van der Waals surface area contributed by atoms with Crippen LogP contribution in [0.3, 0.4) is 0 Å². The molecule has 0 aliphatic heterocycles. The molecule has 0 heterocycles. The van der Waals surface area contributed by atoms with Crippen molar-refractivity contribution in [1.29, 1.82) is 0 Å². The average Bonchev–Trinajstić information content (AvgIpc) is 2.30. The van der Waals surface area contributed by atoms with Gasteiger partial charge in [-0.15, -0.1) is 0 Å². The Morgan fingerprint density at radius 2 is 1.83 bits per heavy atom. The molecule has 1 N–H and O–H groups in total. The van der Waals surface area contributed by atoms with Crippen molar-refractivity contribution in [2.45, 2.75) is 26.8 Å². The first-order chi connectivity index (χ1) is 8.43. The van der Waals surface area contributed by atoms with Crippen molar-refractivity contribution in [2.24, 2.45) is 0 Å². The third kappa shape index (κ3) is 2.85. The second-order valence-electron chi connectivity index (χ2n) is 5.12. The summed E-state index contributed by atoms with van der Waals surface area (Å²) in [7, 11) is 7.96. The number of hydrogen-bond donors (Lipinski definition) is 1. The van der Waals surface area contributed by atoms with Gasteiger partial charge in [0.05, 0.1) is 13.2 Å². The number of hydrogen-bond acceptors (Lipinski definition) is 3. The highest BCUT2D eigenvalue weighted by molar-refractivity contribution is 5.51. The number of rotatable bonds is 5. The fraction of sp³-hybridized carbons (Fsp3) is 0.600. The van der Waals surface area contributed by atoms with Crippen LogP contribution in [0.1, 0.15) is 28.3 Å². The molecule has 0 aliphatic rings. The van der Waals surface area contributed by atoms with E-state index in [4.69, 9.17) is 4.74 Å². The second kappa shape index (κ2) is 6.21. The van der Waals surface area contributed by atoms with Gasteiger partial charge in [-0.05, 0) is 58.6 Å². The molecular formula is C15H26N2O. The summed E-state index contributed by atoms with van der Waals surface area (Å²) in [4.78, 5) is 2.23. The predicted octanol–water partition coefficient (Wildman–Crippen LogP) is 2.44. The number of likely N-dealkylation sites (N-methyl/N-ethyl adjacent to an activating group) is 2. The van der Waals surface area contributed by atoms with Crippen molar-refractivity contribution in [3.05, 3.63) is 28.3 Å². The zero-order valence-electron chi connectivity index (χ0n) is 12.7. The van der Waals surface area contributed by atoms with Crippen molar-refractivity contribution >= 4 is 0 Å². The Morgan fingerprint density at radius 1 is 1.22 bits per heavy atom. The minimum atomic E-state index is 0.323. The van der Waals surface area contributed by atoms with Crippen LogP contribution in [0.4, 0.5) is 0 Å². The third-order valence-electron chi connectivity index (χ3n) is 3.59. The van der Waals surface area contributed by atoms with Gasteiger partial charge >= 0.3 is 0 Å². The van der Waals surface area contributed by atoms with Gasteiger partial charge in [-0.25, -0.2) is 0 Å². The molecule has 102 valence electrons. The van der Waals surface area contributed by atoms with E-state index in [2.05, 4.69) is 51.1 Å². The largest absolute Gasteiger partial charge is 0.496 e. The first-order valence-corrected chi connectivity index (χ1v) is 6.39. The molecule has 18 heavy (non-hydrogen) atoms. The van der Waals surface area contributed by atoms with Crippen LogP contribution in [0.5, 0.6) is 5.75 Å². The summed E-state index contributed by atoms with van der Waals surface area (Å²) in [6, 6.07) is 2.57. The highest BCUT2D eigenvalue weighted by Gasteiger charge is 2.22. The molecule has 0 amide bonds. The van der Waals surface area contributed by atoms with Gasteiger partial charge in [-0.1, -0.05) is 6.07 Å². The molecule has 0 aliphatic carbocycles. The summed E-state index contributed by atoms with van der Waals surface area (Å²) in [5.41, 5.74) is 5.11. The van der Waals surface area contributed by atoms with E-state index in [1.54, 1.807) is 7.11 Å². The van der Waals surface area contributed by atoms with Crippen molar-refractivity contribution in [1.82, 2.24) is 10.2 Å². The van der Waals surface area contributed by atoms with Gasteiger partial charge in [0.25, 0.3) is 0 Å². The lowest BCUT2D eigenvalue weighted by Gasteiger charge is -2.29. The lowest BCUT2D eigenvalue weighted by Crippen LogP contribution is -2.30. The summed E-state index contributed by atoms with van der Waals surface area (Å²) < 4.78 is 5.66. The number of methoxy groups -OCH3 is 1. The molecule has 0 fully saturated rings. The molecule has 1 atom stereocenters. The van der Waals surface area contributed by atoms with Crippen LogP contribution in [-0.2, 0) is 0 Å². The topological polar surface area (TPSA) is 24.5 Å². The lowest BCUT2D eigenvalue weighted by molar-refractivity contribution is 0.282. The van der Waals surface area contributed by atoms with Gasteiger partial charge < -0.3 is 15.0 Å². The van der Waals surface area contributed by atoms with E-state index in [0.29, 0.717) is 6.04 Å². The van der Waals surface area contributed by atoms with E-state index >= 15 is 0 Å². The molecule has 1 unspecified atom stereocenters. The molecule has 0 saturated heterocycles. The standard InChI is InChI=1S/C15H26N2O/c1-10-8-11(2)14(15(18-7)12(10)3)13(9-16-4)17(5)6/h8,13,16H,9H2,1-7H3. The van der Waals surface area contributed by atoms with Gasteiger partial charge in [0.1, 0.15) is 5.75 Å². The van der Waals surface area contributed by atoms with Crippen LogP contribution in [0, 0.1) is 20.8 Å². The van der Waals surface area contributed by atoms with Crippen LogP contribution in [0.25, 0.3) is 0 Å². The van der Waals surface area contributed by atoms with E-state index in [9.17, 15) is 0 Å². The van der Waals surface area contributed by atoms with E-state index in [0.717, 1.165) is 12.3 Å². The molecular weight excluding hydrogens is 224 g/mol. The fourth-order valence-corrected chi connectivity index (χ4v) is 2.48. The van der Waals surface area contributed by atoms with Crippen LogP contribution in [0.15, 0.2) is 6.07 Å². The van der Waals surface area contributed by atoms with Crippen molar-refractivity contribution in [3.63, 3.8) is 0 Å². The Balaban J connectivity index is 3.41. The molecule has 1 rings (SSSR count). The number of nitrogens with zero attached hydrogens (tertiary/aromatic N) is 1. The van der Waals surface area contributed by atoms with E-state index in [1.807, 2.05) is 7.05 Å². The average molecular weight is 250 g/mol. The molecule has 0 spiro atoms. The Kier molecular flexibility index (Phi) is 5.17. The van der Waals surface area contributed by atoms with Gasteiger partial charge in [0.2, 0.25) is 0 Å². The second-order valence-corrected chi connectivity index (χ2v) is 5.12. The van der Waals surface area contributed by atoms with E-state index in [1.165, 1.54) is 22.3 Å². The van der Waals surface area contributed by atoms with Crippen LogP contribution < -0.4 is 10.1 Å². The summed E-state index contributed by atoms with van der Waals surface area (Å²) in [5.74, 6) is 1.03. The molecule has 1 aromatic rings. The molecule has 0 saturated carbocycles. The summed E-state index contributed by atoms with van der Waals surface area (Å²) in [6.45, 7) is 7.34. The van der Waals surface area contributed by atoms with Crippen molar-refractivity contribution < 1.29 is 4.74 Å². The van der Waals surface area contributed by atoms with E-state index < -0.39 is 0 Å². The van der Waals surface area contributed by atoms with Crippen molar-refractivity contribution in [2.75, 3.05) is 34.8 Å². The molecule has 0 bridgehead atoms. The minimum Gasteiger partial charge on any atom is -0.496 e. The number of benzene rings is 1. The maximum Gasteiger partial charge on any atom is 0.127 e. The molecule has 0 aromatic heterocycles. The summed E-state index contributed by atoms with van der Waals surface area (Å²) in [5, 5.41) is 3.26. The zero-order valence-corrected chi connectivity index (χ0v) is 12.7. The first kappa shape index (κ1) is 15.0. The summed E-state index contributed by atoms with van der Waals surface area (Å²) in [6.07, 6.45) is 0. The van der Waals surface area contributed by atoms with E-state index in [-0.39, 0.29) is 0 Å². The maximum atomic E-state index is 5.66. The zero-order chi connectivity index (χ0) is 13.9. The Labute approximate surface area is 111 Å². The molecule has 3 nitrogen and oxygen atoms in total. The lowest BCUT2D eigenvalue weighted by atomic mass is 9.93. The Hall–Kier alpha value is -1.06. The predicted molar refractivity (Wildman–Crippen MR) is 77.6 cm³/mol. The Morgan fingerprint density at radius 3 is 2.28 bits per heavy atom. The first-order valence-electron chi connectivity index (χ1n) is 6.39. The van der Waals surface area contributed by atoms with Crippen LogP contribution >= 0.6 is 0 Å². The number of nitrogens with one attached hydrogen (secondary N) is 1. The normalized spacial score (nSPS) is 12.9. The molecule has 1 aromatic carbocycles. The number of ether oxygens (including phenoxy) is 1. The minimum absolute atomic E-state index is 0.323. The van der Waals surface area contributed by atoms with Gasteiger partial charge in [0, 0.05) is 12.1 Å². The third-order valence-corrected chi connectivity index (χ3v) is 3.59. The Bertz CT molecular complexity index is 413. The summed E-state index contributed by atoms with van der Waals surface area (Å²) >= 11 is 0.